The average Bonchev–Trinajstić information content (AvgIpc) is 2.45. The molecule has 120 valence electrons. The highest BCUT2D eigenvalue weighted by molar-refractivity contribution is 7.80. The van der Waals surface area contributed by atoms with Crippen molar-refractivity contribution >= 4 is 46.5 Å². The van der Waals surface area contributed by atoms with Gasteiger partial charge in [-0.25, -0.2) is 0 Å². The van der Waals surface area contributed by atoms with Crippen LogP contribution in [0.5, 0.6) is 0 Å². The fourth-order valence-electron chi connectivity index (χ4n) is 1.44. The van der Waals surface area contributed by atoms with Gasteiger partial charge in [0.1, 0.15) is 6.61 Å². The maximum atomic E-state index is 11.6. The van der Waals surface area contributed by atoms with Crippen molar-refractivity contribution in [2.24, 2.45) is 0 Å². The van der Waals surface area contributed by atoms with Crippen molar-refractivity contribution in [3.8, 4) is 0 Å². The van der Waals surface area contributed by atoms with Gasteiger partial charge in [-0.05, 0) is 30.4 Å². The molecule has 0 unspecified atom stereocenters. The standard InChI is InChI=1S/C14H17ClN2O4S/c1-20-7-8-21-13(19)6-5-12(18)17-14(22)16-11-4-2-3-10(15)9-11/h2-4,9H,5-8H2,1H3,(H2,16,17,18,22). The normalized spacial score (nSPS) is 9.91. The number of hydrogen-bond acceptors (Lipinski definition) is 5. The van der Waals surface area contributed by atoms with Gasteiger partial charge in [-0.1, -0.05) is 17.7 Å². The van der Waals surface area contributed by atoms with Crippen LogP contribution in [-0.4, -0.2) is 37.3 Å². The zero-order valence-electron chi connectivity index (χ0n) is 12.1. The lowest BCUT2D eigenvalue weighted by atomic mass is 10.3. The van der Waals surface area contributed by atoms with Gasteiger partial charge >= 0.3 is 5.97 Å². The highest BCUT2D eigenvalue weighted by atomic mass is 35.5. The maximum absolute atomic E-state index is 11.6. The Balaban J connectivity index is 2.26. The SMILES string of the molecule is COCCOC(=O)CCC(=O)NC(=S)Nc1cccc(Cl)c1. The summed E-state index contributed by atoms with van der Waals surface area (Å²) in [4.78, 5) is 23.0. The molecule has 6 nitrogen and oxygen atoms in total. The summed E-state index contributed by atoms with van der Waals surface area (Å²) >= 11 is 10.8. The van der Waals surface area contributed by atoms with E-state index in [0.29, 0.717) is 17.3 Å². The summed E-state index contributed by atoms with van der Waals surface area (Å²) in [5.41, 5.74) is 0.664. The van der Waals surface area contributed by atoms with E-state index < -0.39 is 5.97 Å². The summed E-state index contributed by atoms with van der Waals surface area (Å²) in [6.07, 6.45) is -0.0293. The number of carbonyl (C=O) groups is 2. The molecule has 0 saturated carbocycles. The summed E-state index contributed by atoms with van der Waals surface area (Å²) in [7, 11) is 1.51. The number of benzene rings is 1. The van der Waals surface area contributed by atoms with Crippen LogP contribution in [0.3, 0.4) is 0 Å². The molecule has 1 rings (SSSR count). The minimum Gasteiger partial charge on any atom is -0.463 e. The topological polar surface area (TPSA) is 76.7 Å². The summed E-state index contributed by atoms with van der Waals surface area (Å²) < 4.78 is 9.58. The molecule has 1 aromatic rings. The fourth-order valence-corrected chi connectivity index (χ4v) is 1.87. The summed E-state index contributed by atoms with van der Waals surface area (Å²) in [6.45, 7) is 0.497. The number of nitrogens with one attached hydrogen (secondary N) is 2. The van der Waals surface area contributed by atoms with E-state index >= 15 is 0 Å². The number of anilines is 1. The zero-order valence-corrected chi connectivity index (χ0v) is 13.6. The first-order valence-corrected chi connectivity index (χ1v) is 7.31. The molecule has 0 aliphatic heterocycles. The van der Waals surface area contributed by atoms with Crippen LogP contribution in [0.4, 0.5) is 5.69 Å². The monoisotopic (exact) mass is 344 g/mol. The average molecular weight is 345 g/mol. The number of halogens is 1. The molecular formula is C14H17ClN2O4S. The smallest absolute Gasteiger partial charge is 0.306 e. The molecule has 0 atom stereocenters. The third-order valence-electron chi connectivity index (χ3n) is 2.44. The molecule has 0 aliphatic rings. The number of amides is 1. The summed E-state index contributed by atoms with van der Waals surface area (Å²) in [6, 6.07) is 6.92. The van der Waals surface area contributed by atoms with E-state index in [0.717, 1.165) is 0 Å². The minimum atomic E-state index is -0.457. The second kappa shape index (κ2) is 10.1. The van der Waals surface area contributed by atoms with E-state index in [9.17, 15) is 9.59 Å². The fraction of sp³-hybridized carbons (Fsp3) is 0.357. The second-order valence-corrected chi connectivity index (χ2v) is 5.07. The number of hydrogen-bond donors (Lipinski definition) is 2. The number of rotatable bonds is 7. The summed E-state index contributed by atoms with van der Waals surface area (Å²) in [5.74, 6) is -0.830. The van der Waals surface area contributed by atoms with Gasteiger partial charge in [0.25, 0.3) is 0 Å². The number of thiocarbonyl (C=S) groups is 1. The number of methoxy groups -OCH3 is 1. The van der Waals surface area contributed by atoms with Gasteiger partial charge in [0.2, 0.25) is 5.91 Å². The van der Waals surface area contributed by atoms with Crippen molar-refractivity contribution in [3.05, 3.63) is 29.3 Å². The van der Waals surface area contributed by atoms with Crippen molar-refractivity contribution in [2.45, 2.75) is 12.8 Å². The quantitative estimate of drug-likeness (QED) is 0.448. The molecule has 8 heteroatoms. The lowest BCUT2D eigenvalue weighted by Crippen LogP contribution is -2.34. The van der Waals surface area contributed by atoms with Gasteiger partial charge in [-0.2, -0.15) is 0 Å². The highest BCUT2D eigenvalue weighted by Crippen LogP contribution is 2.14. The molecule has 0 radical (unpaired) electrons. The lowest BCUT2D eigenvalue weighted by Gasteiger charge is -2.09. The van der Waals surface area contributed by atoms with E-state index in [1.807, 2.05) is 0 Å². The van der Waals surface area contributed by atoms with Crippen LogP contribution in [0, 0.1) is 0 Å². The minimum absolute atomic E-state index is 0.0107. The third-order valence-corrected chi connectivity index (χ3v) is 2.88. The first kappa shape index (κ1) is 18.3. The van der Waals surface area contributed by atoms with Crippen molar-refractivity contribution in [3.63, 3.8) is 0 Å². The molecule has 22 heavy (non-hydrogen) atoms. The van der Waals surface area contributed by atoms with E-state index in [1.165, 1.54) is 7.11 Å². The highest BCUT2D eigenvalue weighted by Gasteiger charge is 2.09. The van der Waals surface area contributed by atoms with Gasteiger partial charge in [0.15, 0.2) is 5.11 Å². The van der Waals surface area contributed by atoms with Crippen molar-refractivity contribution < 1.29 is 19.1 Å². The number of esters is 1. The Morgan fingerprint density at radius 1 is 1.27 bits per heavy atom. The Hall–Kier alpha value is -1.70. The Labute approximate surface area is 139 Å². The lowest BCUT2D eigenvalue weighted by molar-refractivity contribution is -0.146. The molecule has 1 aromatic carbocycles. The molecule has 0 aromatic heterocycles. The molecule has 2 N–H and O–H groups in total. The second-order valence-electron chi connectivity index (χ2n) is 4.23. The van der Waals surface area contributed by atoms with Crippen LogP contribution in [-0.2, 0) is 19.1 Å². The number of carbonyl (C=O) groups excluding carboxylic acids is 2. The van der Waals surface area contributed by atoms with Gasteiger partial charge < -0.3 is 20.1 Å². The van der Waals surface area contributed by atoms with E-state index in [4.69, 9.17) is 33.3 Å². The molecular weight excluding hydrogens is 328 g/mol. The molecule has 0 heterocycles. The molecule has 0 bridgehead atoms. The predicted octanol–water partition coefficient (Wildman–Crippen LogP) is 2.12. The van der Waals surface area contributed by atoms with E-state index in [1.54, 1.807) is 24.3 Å². The predicted molar refractivity (Wildman–Crippen MR) is 87.9 cm³/mol. The van der Waals surface area contributed by atoms with Crippen LogP contribution in [0.25, 0.3) is 0 Å². The van der Waals surface area contributed by atoms with Crippen molar-refractivity contribution in [1.29, 1.82) is 0 Å². The van der Waals surface area contributed by atoms with Crippen LogP contribution in [0.1, 0.15) is 12.8 Å². The van der Waals surface area contributed by atoms with Crippen molar-refractivity contribution in [2.75, 3.05) is 25.6 Å². The van der Waals surface area contributed by atoms with Crippen molar-refractivity contribution in [1.82, 2.24) is 5.32 Å². The first-order valence-electron chi connectivity index (χ1n) is 6.52. The molecule has 0 spiro atoms. The molecule has 0 fully saturated rings. The van der Waals surface area contributed by atoms with Crippen LogP contribution < -0.4 is 10.6 Å². The summed E-state index contributed by atoms with van der Waals surface area (Å²) in [5, 5.41) is 5.99. The third kappa shape index (κ3) is 7.92. The maximum Gasteiger partial charge on any atom is 0.306 e. The van der Waals surface area contributed by atoms with Gasteiger partial charge in [0.05, 0.1) is 13.0 Å². The molecule has 1 amide bonds. The Morgan fingerprint density at radius 2 is 2.05 bits per heavy atom. The van der Waals surface area contributed by atoms with Crippen LogP contribution in [0.15, 0.2) is 24.3 Å². The number of ether oxygens (including phenoxy) is 2. The van der Waals surface area contributed by atoms with E-state index in [-0.39, 0.29) is 30.5 Å². The van der Waals surface area contributed by atoms with E-state index in [2.05, 4.69) is 10.6 Å². The van der Waals surface area contributed by atoms with Crippen LogP contribution >= 0.6 is 23.8 Å². The van der Waals surface area contributed by atoms with Gasteiger partial charge in [-0.15, -0.1) is 0 Å². The Kier molecular flexibility index (Phi) is 8.42. The molecule has 0 aliphatic carbocycles. The Bertz CT molecular complexity index is 539. The van der Waals surface area contributed by atoms with Gasteiger partial charge in [0, 0.05) is 24.2 Å². The van der Waals surface area contributed by atoms with Crippen LogP contribution in [0.2, 0.25) is 5.02 Å². The Morgan fingerprint density at radius 3 is 2.73 bits per heavy atom. The zero-order chi connectivity index (χ0) is 16.4. The molecule has 0 saturated heterocycles. The van der Waals surface area contributed by atoms with Gasteiger partial charge in [-0.3, -0.25) is 9.59 Å². The first-order chi connectivity index (χ1) is 10.5. The largest absolute Gasteiger partial charge is 0.463 e.